The Kier molecular flexibility index (Phi) is 9.21. The molecule has 4 rings (SSSR count). The summed E-state index contributed by atoms with van der Waals surface area (Å²) in [5.74, 6) is -1.39. The van der Waals surface area contributed by atoms with E-state index in [1.807, 2.05) is 0 Å². The molecule has 0 spiro atoms. The lowest BCUT2D eigenvalue weighted by Gasteiger charge is -2.26. The lowest BCUT2D eigenvalue weighted by atomic mass is 9.83. The Hall–Kier alpha value is -4.48. The minimum atomic E-state index is -3.07. The number of halogens is 3. The number of hydrogen-bond donors (Lipinski definition) is 1. The van der Waals surface area contributed by atoms with Crippen molar-refractivity contribution in [2.45, 2.75) is 58.4 Å². The number of nitrogens with one attached hydrogen (secondary N) is 1. The van der Waals surface area contributed by atoms with Gasteiger partial charge in [0.2, 0.25) is 0 Å². The number of pyridine rings is 1. The van der Waals surface area contributed by atoms with Crippen molar-refractivity contribution in [3.05, 3.63) is 65.2 Å². The summed E-state index contributed by atoms with van der Waals surface area (Å²) in [6.45, 7) is 4.65. The van der Waals surface area contributed by atoms with Crippen molar-refractivity contribution < 1.29 is 22.7 Å². The summed E-state index contributed by atoms with van der Waals surface area (Å²) in [4.78, 5) is 30.4. The van der Waals surface area contributed by atoms with Crippen LogP contribution in [0, 0.1) is 11.2 Å². The van der Waals surface area contributed by atoms with Crippen LogP contribution in [0.15, 0.2) is 47.6 Å². The van der Waals surface area contributed by atoms with Crippen LogP contribution < -0.4 is 0 Å². The molecule has 0 aliphatic rings. The van der Waals surface area contributed by atoms with Gasteiger partial charge in [0.05, 0.1) is 24.0 Å². The number of aromatic nitrogens is 5. The van der Waals surface area contributed by atoms with Crippen molar-refractivity contribution in [2.75, 3.05) is 6.61 Å². The fraction of sp³-hybridized carbons (Fsp3) is 0.345. The van der Waals surface area contributed by atoms with Crippen molar-refractivity contribution in [3.63, 3.8) is 0 Å². The molecule has 0 saturated heterocycles. The van der Waals surface area contributed by atoms with E-state index < -0.39 is 29.3 Å². The maximum atomic E-state index is 14.6. The number of esters is 1. The Bertz CT molecular complexity index is 1580. The Morgan fingerprint density at radius 2 is 1.95 bits per heavy atom. The van der Waals surface area contributed by atoms with Crippen molar-refractivity contribution >= 4 is 35.2 Å². The molecule has 1 N–H and O–H groups in total. The van der Waals surface area contributed by atoms with Crippen LogP contribution in [0.3, 0.4) is 0 Å². The van der Waals surface area contributed by atoms with Gasteiger partial charge in [-0.3, -0.25) is 4.79 Å². The van der Waals surface area contributed by atoms with E-state index in [-0.39, 0.29) is 36.1 Å². The number of carbonyl (C=O) groups is 1. The van der Waals surface area contributed by atoms with Crippen LogP contribution in [0.5, 0.6) is 0 Å². The number of hydrogen-bond acceptors (Lipinski definition) is 8. The van der Waals surface area contributed by atoms with E-state index in [1.54, 1.807) is 43.5 Å². The van der Waals surface area contributed by atoms with E-state index in [0.717, 1.165) is 0 Å². The quantitative estimate of drug-likeness (QED) is 0.121. The molecule has 0 fully saturated rings. The minimum absolute atomic E-state index is 0.0356. The first-order valence-electron chi connectivity index (χ1n) is 13.1. The van der Waals surface area contributed by atoms with Gasteiger partial charge in [-0.2, -0.15) is 5.10 Å². The fourth-order valence-electron chi connectivity index (χ4n) is 4.37. The third kappa shape index (κ3) is 6.31. The van der Waals surface area contributed by atoms with E-state index in [1.165, 1.54) is 37.0 Å². The van der Waals surface area contributed by atoms with Crippen LogP contribution in [-0.2, 0) is 21.5 Å². The molecule has 0 amide bonds. The number of nitrogens with zero attached hydrogens (tertiary/aromatic N) is 6. The van der Waals surface area contributed by atoms with Gasteiger partial charge < -0.3 is 10.1 Å². The second kappa shape index (κ2) is 12.8. The topological polar surface area (TPSA) is 119 Å². The van der Waals surface area contributed by atoms with Crippen LogP contribution >= 0.6 is 0 Å². The smallest absolute Gasteiger partial charge is 0.316 e. The number of ether oxygens (including phenoxy) is 1. The first kappa shape index (κ1) is 29.5. The summed E-state index contributed by atoms with van der Waals surface area (Å²) in [7, 11) is 0. The monoisotopic (exact) mass is 565 g/mol. The summed E-state index contributed by atoms with van der Waals surface area (Å²) in [5.41, 5.74) is -1.44. The maximum absolute atomic E-state index is 14.6. The lowest BCUT2D eigenvalue weighted by molar-refractivity contribution is -0.148. The zero-order chi connectivity index (χ0) is 29.6. The Labute approximate surface area is 235 Å². The van der Waals surface area contributed by atoms with Gasteiger partial charge in [0.25, 0.3) is 6.43 Å². The second-order valence-electron chi connectivity index (χ2n) is 9.70. The molecule has 0 saturated carbocycles. The number of rotatable bonds is 12. The van der Waals surface area contributed by atoms with E-state index in [2.05, 4.69) is 25.0 Å². The molecule has 3 aromatic heterocycles. The molecule has 0 aliphatic heterocycles. The molecule has 9 nitrogen and oxygen atoms in total. The van der Waals surface area contributed by atoms with Crippen LogP contribution in [0.4, 0.5) is 19.0 Å². The van der Waals surface area contributed by atoms with Crippen LogP contribution in [-0.4, -0.2) is 49.7 Å². The van der Waals surface area contributed by atoms with Crippen LogP contribution in [0.1, 0.15) is 63.3 Å². The first-order chi connectivity index (χ1) is 19.7. The van der Waals surface area contributed by atoms with Gasteiger partial charge >= 0.3 is 5.97 Å². The molecule has 4 aromatic rings. The number of benzene rings is 1. The predicted molar refractivity (Wildman–Crippen MR) is 149 cm³/mol. The van der Waals surface area contributed by atoms with Gasteiger partial charge in [-0.05, 0) is 64.4 Å². The Morgan fingerprint density at radius 1 is 1.17 bits per heavy atom. The number of unbranched alkanes of at least 4 members (excludes halogenated alkanes) is 2. The summed E-state index contributed by atoms with van der Waals surface area (Å²) < 4.78 is 50.3. The van der Waals surface area contributed by atoms with Gasteiger partial charge in [0, 0.05) is 23.5 Å². The first-order valence-corrected chi connectivity index (χ1v) is 13.1. The summed E-state index contributed by atoms with van der Waals surface area (Å²) >= 11 is 0. The number of carbonyl (C=O) groups excluding carboxylic acids is 1. The predicted octanol–water partition coefficient (Wildman–Crippen LogP) is 6.38. The highest BCUT2D eigenvalue weighted by atomic mass is 19.3. The summed E-state index contributed by atoms with van der Waals surface area (Å²) in [6, 6.07) is 9.60. The number of fused-ring (bicyclic) bond motifs is 1. The molecule has 0 unspecified atom stereocenters. The molecule has 1 aromatic carbocycles. The van der Waals surface area contributed by atoms with Crippen LogP contribution in [0.2, 0.25) is 0 Å². The third-order valence-electron chi connectivity index (χ3n) is 6.43. The molecule has 214 valence electrons. The van der Waals surface area contributed by atoms with E-state index in [4.69, 9.17) is 10.1 Å². The molecule has 0 radical (unpaired) electrons. The highest BCUT2D eigenvalue weighted by Gasteiger charge is 2.40. The molecular formula is C29H30F3N7O2. The zero-order valence-electron chi connectivity index (χ0n) is 22.9. The van der Waals surface area contributed by atoms with Gasteiger partial charge in [-0.1, -0.05) is 18.2 Å². The van der Waals surface area contributed by atoms with Crippen molar-refractivity contribution in [3.8, 4) is 11.5 Å². The van der Waals surface area contributed by atoms with Crippen molar-refractivity contribution in [2.24, 2.45) is 4.99 Å². The zero-order valence-corrected chi connectivity index (χ0v) is 22.9. The van der Waals surface area contributed by atoms with Crippen molar-refractivity contribution in [1.29, 1.82) is 5.41 Å². The molecule has 0 atom stereocenters. The molecule has 41 heavy (non-hydrogen) atoms. The molecule has 3 heterocycles. The lowest BCUT2D eigenvalue weighted by Crippen LogP contribution is -2.33. The van der Waals surface area contributed by atoms with Crippen LogP contribution in [0.25, 0.3) is 22.6 Å². The third-order valence-corrected chi connectivity index (χ3v) is 6.43. The standard InChI is InChI=1S/C29H30F3N7O2/c1-4-41-28(40)29(2,3)21-23(24(31)32)36-26(37-25(21)34-15-9-5-8-14-33)22-19-12-10-16-35-27(19)39(38-22)17-18-11-6-7-13-20(18)30/h6-7,10-16,24,33H,4-5,8-9,17H2,1-3H3. The fourth-order valence-corrected chi connectivity index (χ4v) is 4.37. The number of aliphatic imine (C=N–C) groups is 1. The highest BCUT2D eigenvalue weighted by Crippen LogP contribution is 2.40. The average Bonchev–Trinajstić information content (AvgIpc) is 3.32. The SMILES string of the molecule is CCOC(=O)C(C)(C)c1c(N=CCCCC=N)nc(-c2nn(Cc3ccccc3F)c3ncccc23)nc1C(F)F. The normalized spacial score (nSPS) is 12.0. The van der Waals surface area contributed by atoms with E-state index >= 15 is 0 Å². The largest absolute Gasteiger partial charge is 0.465 e. The average molecular weight is 566 g/mol. The van der Waals surface area contributed by atoms with E-state index in [0.29, 0.717) is 35.9 Å². The molecular weight excluding hydrogens is 535 g/mol. The minimum Gasteiger partial charge on any atom is -0.465 e. The number of alkyl halides is 2. The molecule has 0 aliphatic carbocycles. The van der Waals surface area contributed by atoms with Gasteiger partial charge in [-0.15, -0.1) is 0 Å². The second-order valence-corrected chi connectivity index (χ2v) is 9.70. The highest BCUT2D eigenvalue weighted by molar-refractivity contribution is 5.90. The summed E-state index contributed by atoms with van der Waals surface area (Å²) in [5, 5.41) is 12.2. The Balaban J connectivity index is 1.92. The summed E-state index contributed by atoms with van der Waals surface area (Å²) in [6.07, 6.45) is 2.89. The van der Waals surface area contributed by atoms with Gasteiger partial charge in [0.15, 0.2) is 17.3 Å². The Morgan fingerprint density at radius 3 is 2.66 bits per heavy atom. The molecule has 0 bridgehead atoms. The maximum Gasteiger partial charge on any atom is 0.316 e. The molecule has 12 heteroatoms. The van der Waals surface area contributed by atoms with Gasteiger partial charge in [0.1, 0.15) is 17.2 Å². The van der Waals surface area contributed by atoms with Gasteiger partial charge in [-0.25, -0.2) is 37.8 Å². The van der Waals surface area contributed by atoms with Crippen molar-refractivity contribution in [1.82, 2.24) is 24.7 Å². The van der Waals surface area contributed by atoms with E-state index in [9.17, 15) is 18.0 Å².